The predicted octanol–water partition coefficient (Wildman–Crippen LogP) is 1.65. The maximum Gasteiger partial charge on any atom is 0.346 e. The summed E-state index contributed by atoms with van der Waals surface area (Å²) < 4.78 is 12.3. The molecule has 0 fully saturated rings. The van der Waals surface area contributed by atoms with Gasteiger partial charge >= 0.3 is 18.7 Å². The molecule has 1 heterocycles. The van der Waals surface area contributed by atoms with Crippen molar-refractivity contribution in [3.8, 4) is 0 Å². The maximum atomic E-state index is 12.3. The molecule has 0 unspecified atom stereocenters. The van der Waals surface area contributed by atoms with Crippen LogP contribution in [0.15, 0.2) is 52.1 Å². The Hall–Kier alpha value is -3.11. The molecule has 29 heavy (non-hydrogen) atoms. The first-order chi connectivity index (χ1) is 13.6. The van der Waals surface area contributed by atoms with Gasteiger partial charge in [0.1, 0.15) is 5.78 Å². The predicted molar refractivity (Wildman–Crippen MR) is 105 cm³/mol. The number of nitrogens with zero attached hydrogens (tertiary/aromatic N) is 1. The van der Waals surface area contributed by atoms with Crippen LogP contribution in [-0.2, 0) is 4.57 Å². The molecule has 3 rings (SSSR count). The Labute approximate surface area is 162 Å². The average Bonchev–Trinajstić information content (AvgIpc) is 2.66. The molecule has 1 aromatic heterocycles. The monoisotopic (exact) mass is 420 g/mol. The van der Waals surface area contributed by atoms with Crippen LogP contribution in [0.1, 0.15) is 29.9 Å². The molecule has 0 spiro atoms. The van der Waals surface area contributed by atoms with E-state index in [2.05, 4.69) is 15.3 Å². The van der Waals surface area contributed by atoms with Crippen LogP contribution in [0.5, 0.6) is 0 Å². The second kappa shape index (κ2) is 7.72. The summed E-state index contributed by atoms with van der Waals surface area (Å²) in [6, 6.07) is 10.2. The summed E-state index contributed by atoms with van der Waals surface area (Å²) in [7, 11) is -4.90. The Balaban J connectivity index is 2.23. The van der Waals surface area contributed by atoms with Gasteiger partial charge in [-0.2, -0.15) is 0 Å². The van der Waals surface area contributed by atoms with Crippen molar-refractivity contribution < 1.29 is 19.3 Å². The molecule has 2 atom stereocenters. The molecular formula is C17H17N4O7P. The molecule has 0 amide bonds. The lowest BCUT2D eigenvalue weighted by Gasteiger charge is -2.25. The van der Waals surface area contributed by atoms with E-state index in [1.807, 2.05) is 0 Å². The average molecular weight is 420 g/mol. The molecule has 0 aliphatic heterocycles. The summed E-state index contributed by atoms with van der Waals surface area (Å²) in [5, 5.41) is 14.1. The topological polar surface area (TPSA) is 178 Å². The summed E-state index contributed by atoms with van der Waals surface area (Å²) in [5.41, 5.74) is -2.30. The van der Waals surface area contributed by atoms with E-state index >= 15 is 0 Å². The third-order valence-corrected chi connectivity index (χ3v) is 5.50. The van der Waals surface area contributed by atoms with Gasteiger partial charge in [-0.3, -0.25) is 29.6 Å². The fraction of sp³-hybridized carbons (Fsp3) is 0.176. The molecule has 152 valence electrons. The van der Waals surface area contributed by atoms with E-state index in [0.29, 0.717) is 0 Å². The minimum absolute atomic E-state index is 0.110. The van der Waals surface area contributed by atoms with E-state index in [4.69, 9.17) is 0 Å². The van der Waals surface area contributed by atoms with Crippen molar-refractivity contribution in [2.45, 2.75) is 18.7 Å². The smallest absolute Gasteiger partial charge is 0.323 e. The number of fused-ring (bicyclic) bond motifs is 1. The highest BCUT2D eigenvalue weighted by molar-refractivity contribution is 7.52. The molecule has 2 aromatic carbocycles. The summed E-state index contributed by atoms with van der Waals surface area (Å²) in [4.78, 5) is 58.3. The Kier molecular flexibility index (Phi) is 5.49. The summed E-state index contributed by atoms with van der Waals surface area (Å²) in [5.74, 6) is -1.68. The van der Waals surface area contributed by atoms with Gasteiger partial charge in [0.2, 0.25) is 0 Å². The van der Waals surface area contributed by atoms with Gasteiger partial charge in [-0.15, -0.1) is 0 Å². The highest BCUT2D eigenvalue weighted by atomic mass is 31.2. The number of nitro benzene ring substituents is 1. The highest BCUT2D eigenvalue weighted by Gasteiger charge is 2.35. The number of nitro groups is 1. The van der Waals surface area contributed by atoms with E-state index in [1.54, 1.807) is 37.3 Å². The molecule has 3 aromatic rings. The van der Waals surface area contributed by atoms with Gasteiger partial charge in [0, 0.05) is 23.7 Å². The first kappa shape index (κ1) is 20.6. The van der Waals surface area contributed by atoms with Gasteiger partial charge in [-0.1, -0.05) is 30.3 Å². The number of aromatic amines is 2. The van der Waals surface area contributed by atoms with E-state index in [-0.39, 0.29) is 16.6 Å². The minimum atomic E-state index is -4.90. The van der Waals surface area contributed by atoms with Crippen LogP contribution in [0.25, 0.3) is 11.0 Å². The lowest BCUT2D eigenvalue weighted by molar-refractivity contribution is -0.384. The highest BCUT2D eigenvalue weighted by Crippen LogP contribution is 2.52. The van der Waals surface area contributed by atoms with Crippen molar-refractivity contribution >= 4 is 24.3 Å². The zero-order valence-electron chi connectivity index (χ0n) is 15.0. The van der Waals surface area contributed by atoms with Crippen molar-refractivity contribution in [1.82, 2.24) is 15.3 Å². The van der Waals surface area contributed by atoms with Crippen LogP contribution in [-0.4, -0.2) is 24.7 Å². The number of H-pyrrole nitrogens is 2. The second-order valence-electron chi connectivity index (χ2n) is 6.41. The lowest BCUT2D eigenvalue weighted by Crippen LogP contribution is -2.30. The number of rotatable bonds is 6. The Morgan fingerprint density at radius 1 is 1.10 bits per heavy atom. The Morgan fingerprint density at radius 2 is 1.72 bits per heavy atom. The molecule has 12 heteroatoms. The lowest BCUT2D eigenvalue weighted by atomic mass is 10.1. The first-order valence-electron chi connectivity index (χ1n) is 8.39. The third-order valence-electron chi connectivity index (χ3n) is 4.40. The number of hydrogen-bond donors (Lipinski definition) is 5. The number of benzene rings is 2. The molecule has 0 saturated heterocycles. The number of hydrogen-bond acceptors (Lipinski definition) is 6. The normalized spacial score (nSPS) is 13.9. The molecule has 0 aliphatic rings. The molecule has 0 radical (unpaired) electrons. The second-order valence-corrected chi connectivity index (χ2v) is 8.11. The van der Waals surface area contributed by atoms with Crippen LogP contribution in [0.2, 0.25) is 0 Å². The van der Waals surface area contributed by atoms with Crippen LogP contribution in [0.4, 0.5) is 5.69 Å². The molecule has 0 bridgehead atoms. The zero-order chi connectivity index (χ0) is 21.3. The molecule has 0 aliphatic carbocycles. The van der Waals surface area contributed by atoms with Crippen molar-refractivity contribution in [1.29, 1.82) is 0 Å². The van der Waals surface area contributed by atoms with Crippen LogP contribution in [0.3, 0.4) is 0 Å². The van der Waals surface area contributed by atoms with Crippen LogP contribution >= 0.6 is 7.60 Å². The Morgan fingerprint density at radius 3 is 2.31 bits per heavy atom. The molecule has 0 saturated carbocycles. The minimum Gasteiger partial charge on any atom is -0.323 e. The quantitative estimate of drug-likeness (QED) is 0.173. The van der Waals surface area contributed by atoms with Gasteiger partial charge < -0.3 is 19.8 Å². The van der Waals surface area contributed by atoms with Gasteiger partial charge in [-0.25, -0.2) is 0 Å². The number of aromatic nitrogens is 2. The zero-order valence-corrected chi connectivity index (χ0v) is 15.9. The standard InChI is InChI=1S/C17H17N4O7P/c1-9(10-5-3-2-4-6-10)18-17(29(26,27)28)12-7-11(21(24)25)8-13-14(12)20-16(23)15(22)19-13/h2-9,17-18H,1H3,(H,19,22)(H,20,23)(H2,26,27,28)/t9-,17+/m1/s1. The maximum absolute atomic E-state index is 12.3. The van der Waals surface area contributed by atoms with E-state index < -0.39 is 41.1 Å². The first-order valence-corrected chi connectivity index (χ1v) is 10.1. The summed E-state index contributed by atoms with van der Waals surface area (Å²) >= 11 is 0. The van der Waals surface area contributed by atoms with Gasteiger partial charge in [0.15, 0.2) is 0 Å². The van der Waals surface area contributed by atoms with Gasteiger partial charge in [0.05, 0.1) is 16.0 Å². The van der Waals surface area contributed by atoms with E-state index in [0.717, 1.165) is 17.7 Å². The fourth-order valence-corrected chi connectivity index (χ4v) is 3.98. The van der Waals surface area contributed by atoms with E-state index in [1.165, 1.54) is 0 Å². The van der Waals surface area contributed by atoms with Crippen molar-refractivity contribution in [3.05, 3.63) is 84.4 Å². The summed E-state index contributed by atoms with van der Waals surface area (Å²) in [6.07, 6.45) is 0. The number of non-ortho nitro benzene ring substituents is 1. The van der Waals surface area contributed by atoms with Crippen molar-refractivity contribution in [2.24, 2.45) is 0 Å². The Bertz CT molecular complexity index is 1230. The van der Waals surface area contributed by atoms with Crippen molar-refractivity contribution in [2.75, 3.05) is 0 Å². The van der Waals surface area contributed by atoms with E-state index in [9.17, 15) is 34.1 Å². The van der Waals surface area contributed by atoms with Gasteiger partial charge in [-0.05, 0) is 12.5 Å². The fourth-order valence-electron chi connectivity index (χ4n) is 3.00. The molecular weight excluding hydrogens is 403 g/mol. The largest absolute Gasteiger partial charge is 0.346 e. The van der Waals surface area contributed by atoms with Crippen LogP contribution < -0.4 is 16.4 Å². The molecule has 11 nitrogen and oxygen atoms in total. The van der Waals surface area contributed by atoms with Gasteiger partial charge in [0.25, 0.3) is 5.69 Å². The van der Waals surface area contributed by atoms with Crippen molar-refractivity contribution in [3.63, 3.8) is 0 Å². The van der Waals surface area contributed by atoms with Crippen LogP contribution in [0, 0.1) is 10.1 Å². The summed E-state index contributed by atoms with van der Waals surface area (Å²) in [6.45, 7) is 1.67. The SMILES string of the molecule is C[C@@H](N[C@H](c1cc([N+](=O)[O-])cc2[nH]c(=O)c(=O)[nH]c12)P(=O)(O)O)c1ccccc1. The number of nitrogens with one attached hydrogen (secondary N) is 3. The molecule has 5 N–H and O–H groups in total. The third kappa shape index (κ3) is 4.33.